The van der Waals surface area contributed by atoms with Crippen molar-refractivity contribution in [3.63, 3.8) is 0 Å². The Bertz CT molecular complexity index is 1200. The Morgan fingerprint density at radius 1 is 0.677 bits per heavy atom. The number of rotatable bonds is 5. The van der Waals surface area contributed by atoms with Crippen LogP contribution in [0.1, 0.15) is 34.1 Å². The summed E-state index contributed by atoms with van der Waals surface area (Å²) in [6.45, 7) is 8.36. The SMILES string of the molecule is CCOC(=O)c1[nH]c(-c2ccc(C)cc2)c(-c2ccc(C)cc2)c1-c1ccc(C)cc1. The van der Waals surface area contributed by atoms with Crippen LogP contribution < -0.4 is 0 Å². The first-order valence-corrected chi connectivity index (χ1v) is 10.6. The van der Waals surface area contributed by atoms with Gasteiger partial charge < -0.3 is 9.72 Å². The molecule has 0 atom stereocenters. The number of hydrogen-bond acceptors (Lipinski definition) is 2. The van der Waals surface area contributed by atoms with E-state index < -0.39 is 0 Å². The Morgan fingerprint density at radius 3 is 1.55 bits per heavy atom. The second-order valence-electron chi connectivity index (χ2n) is 7.94. The third-order valence-corrected chi connectivity index (χ3v) is 5.50. The number of hydrogen-bond donors (Lipinski definition) is 1. The highest BCUT2D eigenvalue weighted by atomic mass is 16.5. The molecule has 31 heavy (non-hydrogen) atoms. The molecule has 0 saturated carbocycles. The van der Waals surface area contributed by atoms with Crippen molar-refractivity contribution in [3.05, 3.63) is 95.2 Å². The number of benzene rings is 3. The van der Waals surface area contributed by atoms with E-state index in [-0.39, 0.29) is 5.97 Å². The van der Waals surface area contributed by atoms with Crippen molar-refractivity contribution in [1.29, 1.82) is 0 Å². The molecular formula is C28H27NO2. The molecule has 156 valence electrons. The normalized spacial score (nSPS) is 10.8. The van der Waals surface area contributed by atoms with Crippen LogP contribution in [0.25, 0.3) is 33.5 Å². The number of H-pyrrole nitrogens is 1. The predicted octanol–water partition coefficient (Wildman–Crippen LogP) is 7.12. The summed E-state index contributed by atoms with van der Waals surface area (Å²) in [7, 11) is 0. The Kier molecular flexibility index (Phi) is 5.77. The topological polar surface area (TPSA) is 42.1 Å². The van der Waals surface area contributed by atoms with E-state index >= 15 is 0 Å². The highest BCUT2D eigenvalue weighted by Gasteiger charge is 2.26. The van der Waals surface area contributed by atoms with Gasteiger partial charge in [0.25, 0.3) is 0 Å². The van der Waals surface area contributed by atoms with Crippen molar-refractivity contribution in [2.24, 2.45) is 0 Å². The molecule has 0 radical (unpaired) electrons. The summed E-state index contributed by atoms with van der Waals surface area (Å²) < 4.78 is 5.42. The predicted molar refractivity (Wildman–Crippen MR) is 127 cm³/mol. The van der Waals surface area contributed by atoms with E-state index in [9.17, 15) is 4.79 Å². The third-order valence-electron chi connectivity index (χ3n) is 5.50. The van der Waals surface area contributed by atoms with E-state index in [2.05, 4.69) is 98.6 Å². The molecule has 0 amide bonds. The lowest BCUT2D eigenvalue weighted by atomic mass is 9.92. The fourth-order valence-electron chi connectivity index (χ4n) is 3.81. The molecule has 1 N–H and O–H groups in total. The molecule has 3 nitrogen and oxygen atoms in total. The number of aryl methyl sites for hydroxylation is 3. The number of ether oxygens (including phenoxy) is 1. The van der Waals surface area contributed by atoms with Gasteiger partial charge >= 0.3 is 5.97 Å². The van der Waals surface area contributed by atoms with Crippen LogP contribution in [0.3, 0.4) is 0 Å². The number of carbonyl (C=O) groups excluding carboxylic acids is 1. The van der Waals surface area contributed by atoms with E-state index in [1.54, 1.807) is 0 Å². The van der Waals surface area contributed by atoms with Gasteiger partial charge in [-0.3, -0.25) is 0 Å². The summed E-state index contributed by atoms with van der Waals surface area (Å²) in [6, 6.07) is 25.1. The summed E-state index contributed by atoms with van der Waals surface area (Å²) in [6.07, 6.45) is 0. The fourth-order valence-corrected chi connectivity index (χ4v) is 3.81. The summed E-state index contributed by atoms with van der Waals surface area (Å²) in [5, 5.41) is 0. The molecule has 0 bridgehead atoms. The monoisotopic (exact) mass is 409 g/mol. The van der Waals surface area contributed by atoms with E-state index in [1.165, 1.54) is 16.7 Å². The van der Waals surface area contributed by atoms with Gasteiger partial charge in [-0.2, -0.15) is 0 Å². The number of nitrogens with one attached hydrogen (secondary N) is 1. The zero-order valence-electron chi connectivity index (χ0n) is 18.5. The molecule has 1 heterocycles. The smallest absolute Gasteiger partial charge is 0.355 e. The first-order chi connectivity index (χ1) is 15.0. The molecule has 4 aromatic rings. The lowest BCUT2D eigenvalue weighted by Gasteiger charge is -2.11. The molecule has 0 aliphatic carbocycles. The highest BCUT2D eigenvalue weighted by Crippen LogP contribution is 2.43. The van der Waals surface area contributed by atoms with Gasteiger partial charge in [0, 0.05) is 11.1 Å². The Hall–Kier alpha value is -3.59. The van der Waals surface area contributed by atoms with Crippen LogP contribution in [0.15, 0.2) is 72.8 Å². The van der Waals surface area contributed by atoms with Crippen LogP contribution in [0, 0.1) is 20.8 Å². The minimum atomic E-state index is -0.343. The Morgan fingerprint density at radius 2 is 1.10 bits per heavy atom. The van der Waals surface area contributed by atoms with Crippen LogP contribution in [0.4, 0.5) is 0 Å². The molecule has 0 fully saturated rings. The molecule has 1 aromatic heterocycles. The summed E-state index contributed by atoms with van der Waals surface area (Å²) in [5.74, 6) is -0.343. The first-order valence-electron chi connectivity index (χ1n) is 10.6. The van der Waals surface area contributed by atoms with Gasteiger partial charge in [-0.25, -0.2) is 4.79 Å². The number of aromatic amines is 1. The van der Waals surface area contributed by atoms with Gasteiger partial charge in [-0.1, -0.05) is 89.5 Å². The molecule has 0 aliphatic rings. The van der Waals surface area contributed by atoms with E-state index in [0.717, 1.165) is 33.5 Å². The van der Waals surface area contributed by atoms with Crippen molar-refractivity contribution >= 4 is 5.97 Å². The summed E-state index contributed by atoms with van der Waals surface area (Å²) in [4.78, 5) is 16.4. The van der Waals surface area contributed by atoms with Gasteiger partial charge in [0.15, 0.2) is 0 Å². The Labute approximate surface area is 183 Å². The van der Waals surface area contributed by atoms with Crippen LogP contribution >= 0.6 is 0 Å². The lowest BCUT2D eigenvalue weighted by Crippen LogP contribution is -2.06. The third kappa shape index (κ3) is 4.17. The summed E-state index contributed by atoms with van der Waals surface area (Å²) >= 11 is 0. The van der Waals surface area contributed by atoms with E-state index in [0.29, 0.717) is 12.3 Å². The second kappa shape index (κ2) is 8.65. The van der Waals surface area contributed by atoms with E-state index in [1.807, 2.05) is 6.92 Å². The van der Waals surface area contributed by atoms with Crippen LogP contribution in [0.2, 0.25) is 0 Å². The van der Waals surface area contributed by atoms with Gasteiger partial charge in [-0.05, 0) is 44.4 Å². The number of esters is 1. The van der Waals surface area contributed by atoms with Crippen molar-refractivity contribution in [3.8, 4) is 33.5 Å². The molecular weight excluding hydrogens is 382 g/mol. The molecule has 3 heteroatoms. The average molecular weight is 410 g/mol. The van der Waals surface area contributed by atoms with Crippen molar-refractivity contribution in [2.75, 3.05) is 6.61 Å². The minimum absolute atomic E-state index is 0.324. The zero-order chi connectivity index (χ0) is 22.0. The molecule has 4 rings (SSSR count). The molecule has 0 saturated heterocycles. The lowest BCUT2D eigenvalue weighted by molar-refractivity contribution is 0.0521. The molecule has 3 aromatic carbocycles. The fraction of sp³-hybridized carbons (Fsp3) is 0.179. The maximum atomic E-state index is 13.0. The van der Waals surface area contributed by atoms with Gasteiger partial charge in [0.1, 0.15) is 5.69 Å². The maximum Gasteiger partial charge on any atom is 0.355 e. The zero-order valence-corrected chi connectivity index (χ0v) is 18.5. The van der Waals surface area contributed by atoms with Crippen LogP contribution in [-0.2, 0) is 4.74 Å². The van der Waals surface area contributed by atoms with Gasteiger partial charge in [0.2, 0.25) is 0 Å². The Balaban J connectivity index is 2.05. The maximum absolute atomic E-state index is 13.0. The second-order valence-corrected chi connectivity index (χ2v) is 7.94. The van der Waals surface area contributed by atoms with Gasteiger partial charge in [-0.15, -0.1) is 0 Å². The van der Waals surface area contributed by atoms with Crippen molar-refractivity contribution in [1.82, 2.24) is 4.98 Å². The number of aromatic nitrogens is 1. The summed E-state index contributed by atoms with van der Waals surface area (Å²) in [5.41, 5.74) is 9.92. The molecule has 0 unspecified atom stereocenters. The number of carbonyl (C=O) groups is 1. The van der Waals surface area contributed by atoms with Crippen LogP contribution in [-0.4, -0.2) is 17.6 Å². The minimum Gasteiger partial charge on any atom is -0.461 e. The van der Waals surface area contributed by atoms with E-state index in [4.69, 9.17) is 4.74 Å². The van der Waals surface area contributed by atoms with Gasteiger partial charge in [0.05, 0.1) is 12.3 Å². The largest absolute Gasteiger partial charge is 0.461 e. The van der Waals surface area contributed by atoms with Crippen LogP contribution in [0.5, 0.6) is 0 Å². The molecule has 0 aliphatic heterocycles. The van der Waals surface area contributed by atoms with Crippen molar-refractivity contribution in [2.45, 2.75) is 27.7 Å². The molecule has 0 spiro atoms. The quantitative estimate of drug-likeness (QED) is 0.357. The first kappa shape index (κ1) is 20.7. The highest BCUT2D eigenvalue weighted by molar-refractivity contribution is 6.05. The van der Waals surface area contributed by atoms with Crippen molar-refractivity contribution < 1.29 is 9.53 Å². The average Bonchev–Trinajstić information content (AvgIpc) is 3.16. The standard InChI is InChI=1S/C28H27NO2/c1-5-31-28(30)27-25(22-14-8-19(3)9-15-22)24(21-12-6-18(2)7-13-21)26(29-27)23-16-10-20(4)11-17-23/h6-17,29H,5H2,1-4H3.